The Hall–Kier alpha value is -1.33. The zero-order chi connectivity index (χ0) is 16.4. The molecule has 1 saturated heterocycles. The van der Waals surface area contributed by atoms with Gasteiger partial charge in [-0.25, -0.2) is 0 Å². The zero-order valence-corrected chi connectivity index (χ0v) is 14.1. The lowest BCUT2D eigenvalue weighted by Gasteiger charge is -2.32. The third kappa shape index (κ3) is 3.71. The Morgan fingerprint density at radius 2 is 1.68 bits per heavy atom. The molecule has 1 aromatic rings. The molecule has 5 heteroatoms. The predicted octanol–water partition coefficient (Wildman–Crippen LogP) is 3.35. The first-order chi connectivity index (χ1) is 10.2. The van der Waals surface area contributed by atoms with Crippen LogP contribution in [0.2, 0.25) is 0 Å². The largest absolute Gasteiger partial charge is 0.466 e. The molecule has 0 bridgehead atoms. The van der Waals surface area contributed by atoms with Gasteiger partial charge < -0.3 is 14.0 Å². The van der Waals surface area contributed by atoms with Gasteiger partial charge >= 0.3 is 13.1 Å². The minimum atomic E-state index is -0.369. The fourth-order valence-corrected chi connectivity index (χ4v) is 2.54. The van der Waals surface area contributed by atoms with Gasteiger partial charge in [-0.3, -0.25) is 4.79 Å². The van der Waals surface area contributed by atoms with Gasteiger partial charge in [-0.15, -0.1) is 0 Å². The van der Waals surface area contributed by atoms with Crippen LogP contribution < -0.4 is 0 Å². The van der Waals surface area contributed by atoms with Crippen LogP contribution in [0, 0.1) is 0 Å². The fraction of sp³-hybridized carbons (Fsp3) is 0.588. The van der Waals surface area contributed by atoms with Gasteiger partial charge in [0.2, 0.25) is 0 Å². The first-order valence-corrected chi connectivity index (χ1v) is 7.77. The average molecular weight is 304 g/mol. The summed E-state index contributed by atoms with van der Waals surface area (Å²) >= 11 is 0. The monoisotopic (exact) mass is 304 g/mol. The second-order valence-electron chi connectivity index (χ2n) is 6.77. The van der Waals surface area contributed by atoms with Gasteiger partial charge in [-0.1, -0.05) is 30.3 Å². The highest BCUT2D eigenvalue weighted by molar-refractivity contribution is 6.47. The third-order valence-electron chi connectivity index (χ3n) is 4.56. The number of carbonyl (C=O) groups is 1. The SMILES string of the molecule is CC(=O)OCC[C@H](B1OC(C)(C)C(C)(C)O1)c1ccccc1. The number of benzene rings is 1. The molecule has 0 spiro atoms. The van der Waals surface area contributed by atoms with Crippen molar-refractivity contribution in [2.24, 2.45) is 0 Å². The number of carbonyl (C=O) groups excluding carboxylic acids is 1. The summed E-state index contributed by atoms with van der Waals surface area (Å²) in [5.41, 5.74) is 0.395. The van der Waals surface area contributed by atoms with Crippen molar-refractivity contribution in [1.29, 1.82) is 0 Å². The number of ether oxygens (including phenoxy) is 1. The summed E-state index contributed by atoms with van der Waals surface area (Å²) < 4.78 is 17.5. The van der Waals surface area contributed by atoms with Crippen LogP contribution in [-0.2, 0) is 18.8 Å². The highest BCUT2D eigenvalue weighted by Crippen LogP contribution is 2.41. The van der Waals surface area contributed by atoms with E-state index >= 15 is 0 Å². The number of esters is 1. The number of hydrogen-bond acceptors (Lipinski definition) is 4. The van der Waals surface area contributed by atoms with Crippen molar-refractivity contribution in [1.82, 2.24) is 0 Å². The van der Waals surface area contributed by atoms with Crippen molar-refractivity contribution >= 4 is 13.1 Å². The Morgan fingerprint density at radius 3 is 2.18 bits per heavy atom. The first kappa shape index (κ1) is 17.0. The van der Waals surface area contributed by atoms with Gasteiger partial charge in [0.25, 0.3) is 0 Å². The maximum absolute atomic E-state index is 11.0. The Bertz CT molecular complexity index is 497. The van der Waals surface area contributed by atoms with E-state index in [2.05, 4.69) is 12.1 Å². The first-order valence-electron chi connectivity index (χ1n) is 7.77. The Kier molecular flexibility index (Phi) is 4.98. The molecule has 0 radical (unpaired) electrons. The molecule has 0 amide bonds. The van der Waals surface area contributed by atoms with Gasteiger partial charge in [0, 0.05) is 12.7 Å². The van der Waals surface area contributed by atoms with E-state index in [0.29, 0.717) is 13.0 Å². The lowest BCUT2D eigenvalue weighted by molar-refractivity contribution is -0.141. The van der Waals surface area contributed by atoms with Gasteiger partial charge in [-0.2, -0.15) is 0 Å². The van der Waals surface area contributed by atoms with E-state index in [4.69, 9.17) is 14.0 Å². The Labute approximate surface area is 133 Å². The second-order valence-corrected chi connectivity index (χ2v) is 6.77. The van der Waals surface area contributed by atoms with Gasteiger partial charge in [0.05, 0.1) is 17.8 Å². The topological polar surface area (TPSA) is 44.8 Å². The maximum atomic E-state index is 11.0. The lowest BCUT2D eigenvalue weighted by Crippen LogP contribution is -2.41. The molecule has 1 aliphatic heterocycles. The molecule has 2 rings (SSSR count). The van der Waals surface area contributed by atoms with Crippen molar-refractivity contribution in [3.8, 4) is 0 Å². The normalized spacial score (nSPS) is 20.7. The van der Waals surface area contributed by atoms with Crippen molar-refractivity contribution in [2.75, 3.05) is 6.61 Å². The van der Waals surface area contributed by atoms with Crippen molar-refractivity contribution < 1.29 is 18.8 Å². The number of rotatable bonds is 5. The van der Waals surface area contributed by atoms with Gasteiger partial charge in [0.1, 0.15) is 0 Å². The van der Waals surface area contributed by atoms with Crippen molar-refractivity contribution in [3.63, 3.8) is 0 Å². The molecule has 1 fully saturated rings. The summed E-state index contributed by atoms with van der Waals surface area (Å²) in [5.74, 6) is -0.234. The molecule has 0 aromatic heterocycles. The third-order valence-corrected chi connectivity index (χ3v) is 4.56. The molecule has 22 heavy (non-hydrogen) atoms. The maximum Gasteiger partial charge on any atom is 0.465 e. The van der Waals surface area contributed by atoms with E-state index in [1.807, 2.05) is 45.9 Å². The molecule has 0 unspecified atom stereocenters. The fourth-order valence-electron chi connectivity index (χ4n) is 2.54. The molecule has 1 aromatic carbocycles. The second kappa shape index (κ2) is 6.43. The van der Waals surface area contributed by atoms with Gasteiger partial charge in [-0.05, 0) is 39.7 Å². The summed E-state index contributed by atoms with van der Waals surface area (Å²) in [6.07, 6.45) is 0.667. The van der Waals surface area contributed by atoms with Crippen LogP contribution in [0.15, 0.2) is 30.3 Å². The molecular weight excluding hydrogens is 279 g/mol. The molecule has 4 nitrogen and oxygen atoms in total. The molecule has 0 saturated carbocycles. The van der Waals surface area contributed by atoms with Crippen molar-refractivity contribution in [2.45, 2.75) is 58.1 Å². The molecule has 120 valence electrons. The van der Waals surface area contributed by atoms with E-state index in [9.17, 15) is 4.79 Å². The smallest absolute Gasteiger partial charge is 0.465 e. The lowest BCUT2D eigenvalue weighted by atomic mass is 9.66. The van der Waals surface area contributed by atoms with Crippen LogP contribution in [0.4, 0.5) is 0 Å². The molecule has 0 N–H and O–H groups in total. The Balaban J connectivity index is 2.17. The summed E-state index contributed by atoms with van der Waals surface area (Å²) in [4.78, 5) is 11.0. The summed E-state index contributed by atoms with van der Waals surface area (Å²) in [6.45, 7) is 9.95. The zero-order valence-electron chi connectivity index (χ0n) is 14.1. The molecule has 0 aliphatic carbocycles. The van der Waals surface area contributed by atoms with Crippen LogP contribution in [0.25, 0.3) is 0 Å². The van der Waals surface area contributed by atoms with Gasteiger partial charge in [0.15, 0.2) is 0 Å². The molecule has 1 atom stereocenters. The minimum absolute atomic E-state index is 0.0293. The quantitative estimate of drug-likeness (QED) is 0.618. The standard InChI is InChI=1S/C17H25BO4/c1-13(19)20-12-11-15(14-9-7-6-8-10-14)18-21-16(2,3)17(4,5)22-18/h6-10,15H,11-12H2,1-5H3/t15-/m0/s1. The molecule has 1 aliphatic rings. The van der Waals surface area contributed by atoms with Crippen LogP contribution >= 0.6 is 0 Å². The minimum Gasteiger partial charge on any atom is -0.466 e. The Morgan fingerprint density at radius 1 is 1.14 bits per heavy atom. The summed E-state index contributed by atoms with van der Waals surface area (Å²) in [5, 5.41) is 0. The summed E-state index contributed by atoms with van der Waals surface area (Å²) in [7, 11) is -0.344. The molecular formula is C17H25BO4. The van der Waals surface area contributed by atoms with E-state index < -0.39 is 0 Å². The average Bonchev–Trinajstić information content (AvgIpc) is 2.64. The highest BCUT2D eigenvalue weighted by atomic mass is 16.7. The van der Waals surface area contributed by atoms with Crippen LogP contribution in [0.1, 0.15) is 52.4 Å². The van der Waals surface area contributed by atoms with Crippen LogP contribution in [0.3, 0.4) is 0 Å². The van der Waals surface area contributed by atoms with Crippen LogP contribution in [-0.4, -0.2) is 30.9 Å². The van der Waals surface area contributed by atoms with E-state index in [-0.39, 0.29) is 30.1 Å². The molecule has 1 heterocycles. The highest BCUT2D eigenvalue weighted by Gasteiger charge is 2.53. The van der Waals surface area contributed by atoms with Crippen LogP contribution in [0.5, 0.6) is 0 Å². The van der Waals surface area contributed by atoms with Crippen molar-refractivity contribution in [3.05, 3.63) is 35.9 Å². The number of hydrogen-bond donors (Lipinski definition) is 0. The predicted molar refractivity (Wildman–Crippen MR) is 86.5 cm³/mol. The summed E-state index contributed by atoms with van der Waals surface area (Å²) in [6, 6.07) is 10.1. The van der Waals surface area contributed by atoms with E-state index in [1.165, 1.54) is 6.92 Å². The van der Waals surface area contributed by atoms with E-state index in [1.54, 1.807) is 0 Å². The van der Waals surface area contributed by atoms with E-state index in [0.717, 1.165) is 5.56 Å².